The number of hydrogen-bond donors (Lipinski definition) is 1. The summed E-state index contributed by atoms with van der Waals surface area (Å²) in [7, 11) is 2.86. The molecule has 2 N–H and O–H groups in total. The molecule has 0 aromatic carbocycles. The van der Waals surface area contributed by atoms with E-state index >= 15 is 0 Å². The average molecular weight is 305 g/mol. The number of rotatable bonds is 6. The zero-order valence-corrected chi connectivity index (χ0v) is 13.5. The Balaban J connectivity index is 3.30. The Hall–Kier alpha value is -2.13. The first-order chi connectivity index (χ1) is 10.3. The van der Waals surface area contributed by atoms with Crippen molar-refractivity contribution in [2.45, 2.75) is 32.3 Å². The van der Waals surface area contributed by atoms with Gasteiger partial charge in [0, 0.05) is 19.7 Å². The van der Waals surface area contributed by atoms with Crippen molar-refractivity contribution in [3.8, 4) is 6.19 Å². The Labute approximate surface area is 131 Å². The third kappa shape index (κ3) is 3.55. The topological polar surface area (TPSA) is 96.4 Å². The molecule has 6 heteroatoms. The highest BCUT2D eigenvalue weighted by atomic mass is 16.5. The number of nitriles is 1. The number of amides is 2. The van der Waals surface area contributed by atoms with Gasteiger partial charge in [-0.3, -0.25) is 14.5 Å². The molecule has 0 aliphatic heterocycles. The molecule has 1 aliphatic carbocycles. The normalized spacial score (nSPS) is 23.8. The molecule has 0 fully saturated rings. The van der Waals surface area contributed by atoms with Crippen molar-refractivity contribution in [1.82, 2.24) is 4.90 Å². The van der Waals surface area contributed by atoms with E-state index in [0.717, 1.165) is 11.3 Å². The van der Waals surface area contributed by atoms with Crippen LogP contribution in [0.3, 0.4) is 0 Å². The van der Waals surface area contributed by atoms with Crippen LogP contribution in [0.15, 0.2) is 23.8 Å². The van der Waals surface area contributed by atoms with Gasteiger partial charge in [0.1, 0.15) is 11.5 Å². The van der Waals surface area contributed by atoms with Gasteiger partial charge >= 0.3 is 0 Å². The molecule has 2 amide bonds. The second kappa shape index (κ2) is 7.23. The molecule has 0 aromatic rings. The first-order valence-corrected chi connectivity index (χ1v) is 7.20. The summed E-state index contributed by atoms with van der Waals surface area (Å²) in [4.78, 5) is 25.2. The second-order valence-corrected chi connectivity index (χ2v) is 5.87. The van der Waals surface area contributed by atoms with E-state index in [0.29, 0.717) is 12.3 Å². The number of ether oxygens (including phenoxy) is 1. The van der Waals surface area contributed by atoms with E-state index in [2.05, 4.69) is 13.8 Å². The third-order valence-corrected chi connectivity index (χ3v) is 3.96. The van der Waals surface area contributed by atoms with Crippen LogP contribution in [0.2, 0.25) is 0 Å². The molecule has 0 heterocycles. The molecule has 0 spiro atoms. The van der Waals surface area contributed by atoms with Crippen molar-refractivity contribution >= 4 is 11.8 Å². The molecule has 0 saturated heterocycles. The van der Waals surface area contributed by atoms with Crippen LogP contribution in [0, 0.1) is 23.3 Å². The molecule has 0 radical (unpaired) electrons. The molecule has 6 nitrogen and oxygen atoms in total. The fraction of sp³-hybridized carbons (Fsp3) is 0.562. The van der Waals surface area contributed by atoms with Crippen LogP contribution in [0.25, 0.3) is 0 Å². The number of nitrogens with zero attached hydrogens (tertiary/aromatic N) is 2. The summed E-state index contributed by atoms with van der Waals surface area (Å²) in [5.41, 5.74) is 4.62. The van der Waals surface area contributed by atoms with Gasteiger partial charge in [-0.05, 0) is 18.8 Å². The lowest BCUT2D eigenvalue weighted by atomic mass is 9.73. The van der Waals surface area contributed by atoms with Crippen molar-refractivity contribution in [2.24, 2.45) is 17.6 Å². The monoisotopic (exact) mass is 305 g/mol. The summed E-state index contributed by atoms with van der Waals surface area (Å²) in [6.45, 7) is 4.14. The van der Waals surface area contributed by atoms with Crippen LogP contribution in [0.5, 0.6) is 0 Å². The zero-order chi connectivity index (χ0) is 16.9. The number of primary amides is 1. The summed E-state index contributed by atoms with van der Waals surface area (Å²) in [6, 6.07) is 0. The minimum Gasteiger partial charge on any atom is -0.373 e. The third-order valence-electron chi connectivity index (χ3n) is 3.96. The minimum absolute atomic E-state index is 0.167. The summed E-state index contributed by atoms with van der Waals surface area (Å²) in [5, 5.41) is 8.98. The van der Waals surface area contributed by atoms with Crippen molar-refractivity contribution in [2.75, 3.05) is 14.2 Å². The van der Waals surface area contributed by atoms with Crippen LogP contribution in [-0.4, -0.2) is 36.5 Å². The Bertz CT molecular complexity index is 545. The van der Waals surface area contributed by atoms with E-state index in [-0.39, 0.29) is 5.57 Å². The van der Waals surface area contributed by atoms with Gasteiger partial charge in [0.2, 0.25) is 11.8 Å². The fourth-order valence-electron chi connectivity index (χ4n) is 2.61. The van der Waals surface area contributed by atoms with Gasteiger partial charge in [-0.1, -0.05) is 32.1 Å². The van der Waals surface area contributed by atoms with Gasteiger partial charge in [0.15, 0.2) is 6.19 Å². The van der Waals surface area contributed by atoms with Gasteiger partial charge in [0.25, 0.3) is 0 Å². The molecular formula is C16H23N3O3. The van der Waals surface area contributed by atoms with E-state index in [4.69, 9.17) is 15.7 Å². The molecular weight excluding hydrogens is 282 g/mol. The van der Waals surface area contributed by atoms with E-state index in [1.807, 2.05) is 0 Å². The average Bonchev–Trinajstić information content (AvgIpc) is 2.50. The summed E-state index contributed by atoms with van der Waals surface area (Å²) >= 11 is 0. The zero-order valence-electron chi connectivity index (χ0n) is 13.5. The van der Waals surface area contributed by atoms with Gasteiger partial charge in [0.05, 0.1) is 0 Å². The molecule has 1 aliphatic rings. The SMILES string of the molecule is COC1(CCC(C)C)C=CC=C(C(N)=O)C1C(=O)N(C)C#N. The Kier molecular flexibility index (Phi) is 5.89. The quantitative estimate of drug-likeness (QED) is 0.591. The molecule has 0 aromatic heterocycles. The number of methoxy groups -OCH3 is 1. The summed E-state index contributed by atoms with van der Waals surface area (Å²) < 4.78 is 5.65. The van der Waals surface area contributed by atoms with E-state index < -0.39 is 23.3 Å². The van der Waals surface area contributed by atoms with Crippen molar-refractivity contribution in [3.05, 3.63) is 23.8 Å². The molecule has 120 valence electrons. The molecule has 0 saturated carbocycles. The fourth-order valence-corrected chi connectivity index (χ4v) is 2.61. The van der Waals surface area contributed by atoms with Gasteiger partial charge in [-0.15, -0.1) is 0 Å². The van der Waals surface area contributed by atoms with Crippen LogP contribution in [0.1, 0.15) is 26.7 Å². The van der Waals surface area contributed by atoms with Gasteiger partial charge in [-0.25, -0.2) is 0 Å². The van der Waals surface area contributed by atoms with E-state index in [1.165, 1.54) is 20.2 Å². The van der Waals surface area contributed by atoms with Crippen LogP contribution >= 0.6 is 0 Å². The van der Waals surface area contributed by atoms with E-state index in [1.54, 1.807) is 18.3 Å². The number of hydrogen-bond acceptors (Lipinski definition) is 4. The Morgan fingerprint density at radius 3 is 2.64 bits per heavy atom. The molecule has 1 rings (SSSR count). The smallest absolute Gasteiger partial charge is 0.246 e. The highest BCUT2D eigenvalue weighted by Crippen LogP contribution is 2.38. The van der Waals surface area contributed by atoms with Gasteiger partial charge in [-0.2, -0.15) is 5.26 Å². The highest BCUT2D eigenvalue weighted by molar-refractivity contribution is 6.01. The lowest BCUT2D eigenvalue weighted by Crippen LogP contribution is -2.50. The van der Waals surface area contributed by atoms with Crippen LogP contribution < -0.4 is 5.73 Å². The van der Waals surface area contributed by atoms with Crippen molar-refractivity contribution < 1.29 is 14.3 Å². The molecule has 2 unspecified atom stereocenters. The van der Waals surface area contributed by atoms with E-state index in [9.17, 15) is 9.59 Å². The number of nitrogens with two attached hydrogens (primary N) is 1. The highest BCUT2D eigenvalue weighted by Gasteiger charge is 2.47. The molecule has 0 bridgehead atoms. The minimum atomic E-state index is -0.967. The first kappa shape index (κ1) is 17.9. The maximum atomic E-state index is 12.6. The van der Waals surface area contributed by atoms with Crippen LogP contribution in [0.4, 0.5) is 0 Å². The first-order valence-electron chi connectivity index (χ1n) is 7.20. The maximum Gasteiger partial charge on any atom is 0.246 e. The second-order valence-electron chi connectivity index (χ2n) is 5.87. The van der Waals surface area contributed by atoms with Crippen molar-refractivity contribution in [3.63, 3.8) is 0 Å². The summed E-state index contributed by atoms with van der Waals surface area (Å²) in [6.07, 6.45) is 8.11. The van der Waals surface area contributed by atoms with Crippen LogP contribution in [-0.2, 0) is 14.3 Å². The summed E-state index contributed by atoms with van der Waals surface area (Å²) in [5.74, 6) is -1.68. The predicted molar refractivity (Wildman–Crippen MR) is 82.1 cm³/mol. The van der Waals surface area contributed by atoms with Gasteiger partial charge < -0.3 is 10.5 Å². The Morgan fingerprint density at radius 1 is 1.55 bits per heavy atom. The lowest BCUT2D eigenvalue weighted by molar-refractivity contribution is -0.140. The largest absolute Gasteiger partial charge is 0.373 e. The Morgan fingerprint density at radius 2 is 2.18 bits per heavy atom. The number of allylic oxidation sites excluding steroid dienone is 2. The van der Waals surface area contributed by atoms with Crippen molar-refractivity contribution in [1.29, 1.82) is 5.26 Å². The lowest BCUT2D eigenvalue weighted by Gasteiger charge is -2.39. The maximum absolute atomic E-state index is 12.6. The molecule has 22 heavy (non-hydrogen) atoms. The molecule has 2 atom stereocenters. The standard InChI is InChI=1S/C16H23N3O3/c1-11(2)7-9-16(22-4)8-5-6-12(14(18)20)13(16)15(21)19(3)10-17/h5-6,8,11,13H,7,9H2,1-4H3,(H2,18,20). The number of carbonyl (C=O) groups is 2. The predicted octanol–water partition coefficient (Wildman–Crippen LogP) is 1.34. The number of carbonyl (C=O) groups excluding carboxylic acids is 2.